The van der Waals surface area contributed by atoms with Gasteiger partial charge < -0.3 is 21.4 Å². The Kier molecular flexibility index (Phi) is 7.75. The highest BCUT2D eigenvalue weighted by molar-refractivity contribution is 6.30. The molecule has 7 nitrogen and oxygen atoms in total. The number of halogens is 1. The summed E-state index contributed by atoms with van der Waals surface area (Å²) in [5.41, 5.74) is 8.67. The molecule has 208 valence electrons. The Hall–Kier alpha value is -2.90. The van der Waals surface area contributed by atoms with E-state index in [1.165, 1.54) is 5.56 Å². The van der Waals surface area contributed by atoms with Gasteiger partial charge in [0.1, 0.15) is 5.65 Å². The number of carbonyl (C=O) groups is 2. The van der Waals surface area contributed by atoms with Crippen LogP contribution in [-0.4, -0.2) is 34.4 Å². The number of carbonyl (C=O) groups excluding carboxylic acids is 2. The van der Waals surface area contributed by atoms with E-state index in [1.807, 2.05) is 49.5 Å². The van der Waals surface area contributed by atoms with Gasteiger partial charge in [0.15, 0.2) is 0 Å². The van der Waals surface area contributed by atoms with Crippen molar-refractivity contribution >= 4 is 40.1 Å². The molecule has 4 unspecified atom stereocenters. The van der Waals surface area contributed by atoms with Crippen molar-refractivity contribution in [1.82, 2.24) is 15.3 Å². The van der Waals surface area contributed by atoms with E-state index in [4.69, 9.17) is 17.3 Å². The number of fused-ring (bicyclic) bond motifs is 1. The zero-order chi connectivity index (χ0) is 27.8. The summed E-state index contributed by atoms with van der Waals surface area (Å²) in [4.78, 5) is 34.6. The molecule has 5 N–H and O–H groups in total. The number of nitrogens with one attached hydrogen (secondary N) is 3. The summed E-state index contributed by atoms with van der Waals surface area (Å²) in [6.07, 6.45) is 8.80. The molecule has 39 heavy (non-hydrogen) atoms. The van der Waals surface area contributed by atoms with Gasteiger partial charge in [-0.1, -0.05) is 44.5 Å². The number of hydrogen-bond donors (Lipinski definition) is 4. The number of pyridine rings is 1. The van der Waals surface area contributed by atoms with Crippen LogP contribution in [0.5, 0.6) is 0 Å². The fourth-order valence-corrected chi connectivity index (χ4v) is 6.78. The second kappa shape index (κ2) is 10.9. The lowest BCUT2D eigenvalue weighted by atomic mass is 9.62. The molecule has 5 rings (SSSR count). The van der Waals surface area contributed by atoms with E-state index in [0.717, 1.165) is 48.8 Å². The van der Waals surface area contributed by atoms with Crippen LogP contribution < -0.4 is 16.4 Å². The summed E-state index contributed by atoms with van der Waals surface area (Å²) < 4.78 is 0. The first-order valence-corrected chi connectivity index (χ1v) is 14.5. The third kappa shape index (κ3) is 5.99. The number of aromatic amines is 1. The van der Waals surface area contributed by atoms with Gasteiger partial charge in [0.2, 0.25) is 11.8 Å². The Morgan fingerprint density at radius 3 is 2.59 bits per heavy atom. The van der Waals surface area contributed by atoms with E-state index in [2.05, 4.69) is 34.4 Å². The van der Waals surface area contributed by atoms with Crippen molar-refractivity contribution in [1.29, 1.82) is 0 Å². The predicted molar refractivity (Wildman–Crippen MR) is 156 cm³/mol. The summed E-state index contributed by atoms with van der Waals surface area (Å²) in [6.45, 7) is 7.01. The number of hydrogen-bond acceptors (Lipinski definition) is 4. The number of aromatic nitrogens is 2. The van der Waals surface area contributed by atoms with Crippen LogP contribution in [0.25, 0.3) is 11.0 Å². The third-order valence-corrected chi connectivity index (χ3v) is 9.12. The first-order valence-electron chi connectivity index (χ1n) is 14.1. The summed E-state index contributed by atoms with van der Waals surface area (Å²) in [5.74, 6) is 0.596. The van der Waals surface area contributed by atoms with Gasteiger partial charge in [0.05, 0.1) is 11.7 Å². The van der Waals surface area contributed by atoms with Crippen LogP contribution in [-0.2, 0) is 15.0 Å². The van der Waals surface area contributed by atoms with Gasteiger partial charge in [-0.15, -0.1) is 0 Å². The first-order chi connectivity index (χ1) is 18.6. The highest BCUT2D eigenvalue weighted by Gasteiger charge is 2.47. The summed E-state index contributed by atoms with van der Waals surface area (Å²) in [7, 11) is 0. The van der Waals surface area contributed by atoms with E-state index in [-0.39, 0.29) is 23.1 Å². The molecule has 2 fully saturated rings. The molecule has 2 heterocycles. The summed E-state index contributed by atoms with van der Waals surface area (Å²) >= 11 is 6.07. The first kappa shape index (κ1) is 27.7. The van der Waals surface area contributed by atoms with Crippen LogP contribution in [0.4, 0.5) is 5.69 Å². The fraction of sp³-hybridized carbons (Fsp3) is 0.516. The van der Waals surface area contributed by atoms with Gasteiger partial charge >= 0.3 is 0 Å². The number of benzene rings is 1. The predicted octanol–water partition coefficient (Wildman–Crippen LogP) is 5.80. The Labute approximate surface area is 235 Å². The Morgan fingerprint density at radius 1 is 1.15 bits per heavy atom. The molecule has 2 aromatic heterocycles. The standard InChI is InChI=1S/C31H40ClN5O2/c1-19(2)14-20-15-21(26(33)28(38)36-18-31(10-11-31)22-4-6-23(32)7-5-22)17-30(3,16-20)29(39)37-25-9-13-35-27-24(25)8-12-34-27/h4-9,12-13,19-21,26H,10-11,14-18,33H2,1-3H3,(H,36,38)(H2,34,35,37,39). The minimum atomic E-state index is -0.662. The lowest BCUT2D eigenvalue weighted by Crippen LogP contribution is -2.52. The van der Waals surface area contributed by atoms with Gasteiger partial charge in [-0.2, -0.15) is 0 Å². The van der Waals surface area contributed by atoms with E-state index < -0.39 is 11.5 Å². The second-order valence-corrected chi connectivity index (χ2v) is 13.0. The fourth-order valence-electron chi connectivity index (χ4n) is 6.65. The van der Waals surface area contributed by atoms with E-state index in [9.17, 15) is 9.59 Å². The molecular formula is C31H40ClN5O2. The number of nitrogens with zero attached hydrogens (tertiary/aromatic N) is 1. The maximum Gasteiger partial charge on any atom is 0.237 e. The van der Waals surface area contributed by atoms with Crippen LogP contribution in [0.15, 0.2) is 48.8 Å². The molecule has 0 spiro atoms. The average molecular weight is 550 g/mol. The Balaban J connectivity index is 1.28. The molecule has 0 saturated heterocycles. The van der Waals surface area contributed by atoms with Crippen molar-refractivity contribution in [2.24, 2.45) is 28.9 Å². The minimum Gasteiger partial charge on any atom is -0.354 e. The lowest BCUT2D eigenvalue weighted by molar-refractivity contribution is -0.131. The quantitative estimate of drug-likeness (QED) is 0.270. The molecule has 0 aliphatic heterocycles. The molecule has 2 aliphatic carbocycles. The summed E-state index contributed by atoms with van der Waals surface area (Å²) in [6, 6.07) is 11.0. The zero-order valence-corrected chi connectivity index (χ0v) is 23.9. The average Bonchev–Trinajstić information content (AvgIpc) is 3.53. The molecule has 2 amide bonds. The Bertz CT molecular complexity index is 1330. The van der Waals surface area contributed by atoms with Gasteiger partial charge in [-0.3, -0.25) is 9.59 Å². The molecule has 4 atom stereocenters. The maximum absolute atomic E-state index is 13.8. The largest absolute Gasteiger partial charge is 0.354 e. The maximum atomic E-state index is 13.8. The van der Waals surface area contributed by atoms with Crippen LogP contribution in [0.1, 0.15) is 64.9 Å². The normalized spacial score (nSPS) is 24.9. The van der Waals surface area contributed by atoms with Crippen molar-refractivity contribution in [3.8, 4) is 0 Å². The topological polar surface area (TPSA) is 113 Å². The molecule has 2 saturated carbocycles. The molecule has 0 radical (unpaired) electrons. The highest BCUT2D eigenvalue weighted by Crippen LogP contribution is 2.48. The smallest absolute Gasteiger partial charge is 0.237 e. The summed E-state index contributed by atoms with van der Waals surface area (Å²) in [5, 5.41) is 7.92. The monoisotopic (exact) mass is 549 g/mol. The van der Waals surface area contributed by atoms with E-state index in [1.54, 1.807) is 6.20 Å². The third-order valence-electron chi connectivity index (χ3n) is 8.87. The van der Waals surface area contributed by atoms with Gasteiger partial charge in [0, 0.05) is 40.2 Å². The molecule has 2 aliphatic rings. The molecule has 0 bridgehead atoms. The van der Waals surface area contributed by atoms with E-state index in [0.29, 0.717) is 29.8 Å². The molecular weight excluding hydrogens is 510 g/mol. The van der Waals surface area contributed by atoms with Gasteiger partial charge in [0.25, 0.3) is 0 Å². The van der Waals surface area contributed by atoms with Crippen LogP contribution in [0.3, 0.4) is 0 Å². The molecule has 3 aromatic rings. The van der Waals surface area contributed by atoms with Crippen molar-refractivity contribution in [2.45, 2.75) is 70.8 Å². The molecule has 8 heteroatoms. The van der Waals surface area contributed by atoms with Crippen molar-refractivity contribution in [3.05, 3.63) is 59.4 Å². The Morgan fingerprint density at radius 2 is 1.90 bits per heavy atom. The highest BCUT2D eigenvalue weighted by atomic mass is 35.5. The van der Waals surface area contributed by atoms with Crippen LogP contribution in [0.2, 0.25) is 5.02 Å². The lowest BCUT2D eigenvalue weighted by Gasteiger charge is -2.43. The number of H-pyrrole nitrogens is 1. The minimum absolute atomic E-state index is 0.0260. The molecule has 1 aromatic carbocycles. The number of amides is 2. The second-order valence-electron chi connectivity index (χ2n) is 12.5. The SMILES string of the molecule is CC(C)CC1CC(C(N)C(=O)NCC2(c3ccc(Cl)cc3)CC2)CC(C)(C(=O)Nc2ccnc3[nH]ccc23)C1. The van der Waals surface area contributed by atoms with Crippen molar-refractivity contribution < 1.29 is 9.59 Å². The number of anilines is 1. The number of nitrogens with two attached hydrogens (primary N) is 1. The zero-order valence-electron chi connectivity index (χ0n) is 23.1. The van der Waals surface area contributed by atoms with Crippen molar-refractivity contribution in [3.63, 3.8) is 0 Å². The number of rotatable bonds is 9. The van der Waals surface area contributed by atoms with Crippen molar-refractivity contribution in [2.75, 3.05) is 11.9 Å². The van der Waals surface area contributed by atoms with Gasteiger partial charge in [-0.05, 0) is 86.1 Å². The van der Waals surface area contributed by atoms with Gasteiger partial charge in [-0.25, -0.2) is 4.98 Å². The van der Waals surface area contributed by atoms with Crippen LogP contribution in [0, 0.1) is 23.2 Å². The van der Waals surface area contributed by atoms with E-state index >= 15 is 0 Å². The van der Waals surface area contributed by atoms with Crippen LogP contribution >= 0.6 is 11.6 Å².